The van der Waals surface area contributed by atoms with Gasteiger partial charge in [-0.05, 0) is 24.3 Å². The van der Waals surface area contributed by atoms with Gasteiger partial charge in [0.15, 0.2) is 0 Å². The Balaban J connectivity index is 2.69. The Hall–Kier alpha value is -0.730. The van der Waals surface area contributed by atoms with E-state index in [0.717, 1.165) is 17.3 Å². The molecular weight excluding hydrogens is 210 g/mol. The minimum atomic E-state index is -0.0889. The van der Waals surface area contributed by atoms with Gasteiger partial charge in [-0.2, -0.15) is 0 Å². The largest absolute Gasteiger partial charge is 0.396 e. The van der Waals surface area contributed by atoms with Crippen LogP contribution in [0.25, 0.3) is 0 Å². The first-order valence-electron chi connectivity index (χ1n) is 5.02. The third-order valence-electron chi connectivity index (χ3n) is 2.36. The molecule has 0 radical (unpaired) electrons. The first kappa shape index (κ1) is 12.3. The summed E-state index contributed by atoms with van der Waals surface area (Å²) >= 11 is 5.82. The molecule has 0 aliphatic carbocycles. The number of hydrogen-bond donors (Lipinski definition) is 1. The number of anilines is 1. The van der Waals surface area contributed by atoms with Crippen LogP contribution in [-0.2, 0) is 0 Å². The van der Waals surface area contributed by atoms with Crippen LogP contribution >= 0.6 is 11.6 Å². The highest BCUT2D eigenvalue weighted by Crippen LogP contribution is 2.21. The molecule has 0 bridgehead atoms. The van der Waals surface area contributed by atoms with E-state index in [0.29, 0.717) is 0 Å². The zero-order valence-electron chi connectivity index (χ0n) is 9.50. The molecule has 0 aliphatic rings. The molecule has 84 valence electrons. The predicted molar refractivity (Wildman–Crippen MR) is 65.6 cm³/mol. The Kier molecular flexibility index (Phi) is 4.00. The second-order valence-electron chi connectivity index (χ2n) is 4.65. The predicted octanol–water partition coefficient (Wildman–Crippen LogP) is 2.79. The fraction of sp³-hybridized carbons (Fsp3) is 0.500. The van der Waals surface area contributed by atoms with Crippen molar-refractivity contribution in [3.8, 4) is 0 Å². The van der Waals surface area contributed by atoms with Crippen molar-refractivity contribution in [3.05, 3.63) is 29.3 Å². The normalized spacial score (nSPS) is 11.5. The Morgan fingerprint density at radius 3 is 2.27 bits per heavy atom. The molecule has 0 aromatic heterocycles. The van der Waals surface area contributed by atoms with Gasteiger partial charge in [0.1, 0.15) is 0 Å². The zero-order valence-corrected chi connectivity index (χ0v) is 10.3. The van der Waals surface area contributed by atoms with Crippen LogP contribution in [0.1, 0.15) is 13.8 Å². The fourth-order valence-electron chi connectivity index (χ4n) is 1.48. The molecule has 0 spiro atoms. The minimum Gasteiger partial charge on any atom is -0.396 e. The number of aliphatic hydroxyl groups excluding tert-OH is 1. The first-order valence-corrected chi connectivity index (χ1v) is 5.40. The van der Waals surface area contributed by atoms with Crippen molar-refractivity contribution >= 4 is 17.3 Å². The Morgan fingerprint density at radius 2 is 1.80 bits per heavy atom. The van der Waals surface area contributed by atoms with E-state index < -0.39 is 0 Å². The van der Waals surface area contributed by atoms with E-state index in [1.807, 2.05) is 45.2 Å². The molecule has 1 N–H and O–H groups in total. The van der Waals surface area contributed by atoms with Gasteiger partial charge in [-0.3, -0.25) is 0 Å². The third-order valence-corrected chi connectivity index (χ3v) is 2.61. The number of benzene rings is 1. The van der Waals surface area contributed by atoms with Crippen molar-refractivity contribution in [2.45, 2.75) is 13.8 Å². The van der Waals surface area contributed by atoms with Gasteiger partial charge in [0.25, 0.3) is 0 Å². The highest BCUT2D eigenvalue weighted by atomic mass is 35.5. The molecule has 0 saturated carbocycles. The summed E-state index contributed by atoms with van der Waals surface area (Å²) in [5, 5.41) is 9.93. The molecule has 0 aliphatic heterocycles. The van der Waals surface area contributed by atoms with Crippen molar-refractivity contribution in [2.75, 3.05) is 25.1 Å². The van der Waals surface area contributed by atoms with Crippen LogP contribution < -0.4 is 4.90 Å². The molecule has 1 aromatic carbocycles. The molecule has 2 nitrogen and oxygen atoms in total. The molecule has 0 saturated heterocycles. The summed E-state index contributed by atoms with van der Waals surface area (Å²) in [6.07, 6.45) is 0. The average Bonchev–Trinajstić information content (AvgIpc) is 2.18. The summed E-state index contributed by atoms with van der Waals surface area (Å²) in [7, 11) is 2.01. The van der Waals surface area contributed by atoms with Crippen LogP contribution in [0.3, 0.4) is 0 Å². The van der Waals surface area contributed by atoms with Gasteiger partial charge in [0, 0.05) is 36.3 Å². The lowest BCUT2D eigenvalue weighted by molar-refractivity contribution is 0.165. The Labute approximate surface area is 96.5 Å². The topological polar surface area (TPSA) is 23.5 Å². The fourth-order valence-corrected chi connectivity index (χ4v) is 1.60. The lowest BCUT2D eigenvalue weighted by atomic mass is 9.94. The number of rotatable bonds is 4. The van der Waals surface area contributed by atoms with Crippen LogP contribution in [0.4, 0.5) is 5.69 Å². The maximum Gasteiger partial charge on any atom is 0.0499 e. The standard InChI is InChI=1S/C12H18ClNO/c1-12(2,9-15)8-14(3)11-6-4-10(13)5-7-11/h4-7,15H,8-9H2,1-3H3. The van der Waals surface area contributed by atoms with Gasteiger partial charge >= 0.3 is 0 Å². The number of aliphatic hydroxyl groups is 1. The van der Waals surface area contributed by atoms with E-state index in [2.05, 4.69) is 4.90 Å². The molecule has 15 heavy (non-hydrogen) atoms. The highest BCUT2D eigenvalue weighted by molar-refractivity contribution is 6.30. The summed E-state index contributed by atoms with van der Waals surface area (Å²) in [5.41, 5.74) is 1.02. The highest BCUT2D eigenvalue weighted by Gasteiger charge is 2.18. The summed E-state index contributed by atoms with van der Waals surface area (Å²) in [6, 6.07) is 7.71. The molecule has 0 fully saturated rings. The quantitative estimate of drug-likeness (QED) is 0.855. The van der Waals surface area contributed by atoms with E-state index in [1.165, 1.54) is 0 Å². The smallest absolute Gasteiger partial charge is 0.0499 e. The first-order chi connectivity index (χ1) is 6.94. The van der Waals surface area contributed by atoms with Crippen molar-refractivity contribution in [1.29, 1.82) is 0 Å². The second kappa shape index (κ2) is 4.86. The average molecular weight is 228 g/mol. The molecule has 3 heteroatoms. The molecule has 1 rings (SSSR count). The van der Waals surface area contributed by atoms with Crippen molar-refractivity contribution in [1.82, 2.24) is 0 Å². The van der Waals surface area contributed by atoms with E-state index in [-0.39, 0.29) is 12.0 Å². The summed E-state index contributed by atoms with van der Waals surface area (Å²) in [5.74, 6) is 0. The Bertz CT molecular complexity index is 308. The molecule has 0 heterocycles. The molecule has 0 amide bonds. The molecule has 1 aromatic rings. The van der Waals surface area contributed by atoms with E-state index in [4.69, 9.17) is 11.6 Å². The Morgan fingerprint density at radius 1 is 1.27 bits per heavy atom. The molecular formula is C12H18ClNO. The number of hydrogen-bond acceptors (Lipinski definition) is 2. The third kappa shape index (κ3) is 3.73. The van der Waals surface area contributed by atoms with Gasteiger partial charge in [-0.1, -0.05) is 25.4 Å². The van der Waals surface area contributed by atoms with Crippen molar-refractivity contribution in [2.24, 2.45) is 5.41 Å². The minimum absolute atomic E-state index is 0.0889. The second-order valence-corrected chi connectivity index (χ2v) is 5.09. The monoisotopic (exact) mass is 227 g/mol. The lowest BCUT2D eigenvalue weighted by Crippen LogP contribution is -2.33. The SMILES string of the molecule is CN(CC(C)(C)CO)c1ccc(Cl)cc1. The van der Waals surface area contributed by atoms with Gasteiger partial charge < -0.3 is 10.0 Å². The van der Waals surface area contributed by atoms with Crippen LogP contribution in [0.15, 0.2) is 24.3 Å². The number of nitrogens with zero attached hydrogens (tertiary/aromatic N) is 1. The summed E-state index contributed by atoms with van der Waals surface area (Å²) in [6.45, 7) is 5.08. The van der Waals surface area contributed by atoms with E-state index in [9.17, 15) is 5.11 Å². The summed E-state index contributed by atoms with van der Waals surface area (Å²) < 4.78 is 0. The van der Waals surface area contributed by atoms with Gasteiger partial charge in [0.05, 0.1) is 0 Å². The number of halogens is 1. The van der Waals surface area contributed by atoms with Gasteiger partial charge in [-0.15, -0.1) is 0 Å². The van der Waals surface area contributed by atoms with Crippen molar-refractivity contribution in [3.63, 3.8) is 0 Å². The van der Waals surface area contributed by atoms with E-state index in [1.54, 1.807) is 0 Å². The van der Waals surface area contributed by atoms with Crippen LogP contribution in [0.5, 0.6) is 0 Å². The van der Waals surface area contributed by atoms with Crippen LogP contribution in [0.2, 0.25) is 5.02 Å². The molecule has 0 unspecified atom stereocenters. The van der Waals surface area contributed by atoms with Crippen LogP contribution in [0, 0.1) is 5.41 Å². The van der Waals surface area contributed by atoms with Crippen molar-refractivity contribution < 1.29 is 5.11 Å². The van der Waals surface area contributed by atoms with Crippen LogP contribution in [-0.4, -0.2) is 25.3 Å². The summed E-state index contributed by atoms with van der Waals surface area (Å²) in [4.78, 5) is 2.12. The van der Waals surface area contributed by atoms with Gasteiger partial charge in [-0.25, -0.2) is 0 Å². The molecule has 0 atom stereocenters. The maximum atomic E-state index is 9.19. The lowest BCUT2D eigenvalue weighted by Gasteiger charge is -2.29. The van der Waals surface area contributed by atoms with E-state index >= 15 is 0 Å². The maximum absolute atomic E-state index is 9.19. The van der Waals surface area contributed by atoms with Gasteiger partial charge in [0.2, 0.25) is 0 Å². The zero-order chi connectivity index (χ0) is 11.5.